The number of aliphatic carboxylic acids is 1. The molecule has 1 aromatic heterocycles. The lowest BCUT2D eigenvalue weighted by Crippen LogP contribution is -2.36. The fraction of sp³-hybridized carbons (Fsp3) is 0.571. The zero-order valence-corrected chi connectivity index (χ0v) is 11.2. The molecule has 0 aromatic carbocycles. The Hall–Kier alpha value is -1.78. The van der Waals surface area contributed by atoms with Crippen LogP contribution in [-0.2, 0) is 16.1 Å². The van der Waals surface area contributed by atoms with Crippen LogP contribution < -0.4 is 0 Å². The molecule has 2 rings (SSSR count). The highest BCUT2D eigenvalue weighted by Gasteiger charge is 2.42. The van der Waals surface area contributed by atoms with Crippen LogP contribution in [-0.4, -0.2) is 28.9 Å². The molecule has 1 saturated carbocycles. The Labute approximate surface area is 112 Å². The summed E-state index contributed by atoms with van der Waals surface area (Å²) in [5.74, 6) is -0.947. The smallest absolute Gasteiger partial charge is 0.307 e. The first-order valence-electron chi connectivity index (χ1n) is 6.49. The Kier molecular flexibility index (Phi) is 3.93. The third-order valence-corrected chi connectivity index (χ3v) is 3.78. The molecule has 1 heterocycles. The molecule has 19 heavy (non-hydrogen) atoms. The summed E-state index contributed by atoms with van der Waals surface area (Å²) in [6.45, 7) is 2.37. The summed E-state index contributed by atoms with van der Waals surface area (Å²) < 4.78 is 5.20. The van der Waals surface area contributed by atoms with Crippen LogP contribution in [0, 0.1) is 17.8 Å². The van der Waals surface area contributed by atoms with Crippen LogP contribution in [0.3, 0.4) is 0 Å². The molecule has 0 saturated heterocycles. The number of rotatable bonds is 4. The number of carboxylic acids is 1. The van der Waals surface area contributed by atoms with Gasteiger partial charge in [0.1, 0.15) is 5.76 Å². The van der Waals surface area contributed by atoms with Gasteiger partial charge in [0.2, 0.25) is 5.91 Å². The van der Waals surface area contributed by atoms with Crippen molar-refractivity contribution in [2.45, 2.75) is 26.3 Å². The molecule has 1 fully saturated rings. The SMILES string of the molecule is CC1C[C@H](C(=O)N(C)Cc2ccco2)[C@H](C(=O)O)C1. The molecule has 1 aromatic rings. The summed E-state index contributed by atoms with van der Waals surface area (Å²) in [6, 6.07) is 3.57. The average molecular weight is 265 g/mol. The van der Waals surface area contributed by atoms with E-state index in [4.69, 9.17) is 4.42 Å². The predicted octanol–water partition coefficient (Wildman–Crippen LogP) is 1.98. The standard InChI is InChI=1S/C14H19NO4/c1-9-6-11(12(7-9)14(17)18)13(16)15(2)8-10-4-3-5-19-10/h3-5,9,11-12H,6-8H2,1-2H3,(H,17,18)/t9?,11-,12+/m0/s1. The van der Waals surface area contributed by atoms with Crippen molar-refractivity contribution in [3.8, 4) is 0 Å². The van der Waals surface area contributed by atoms with E-state index in [2.05, 4.69) is 0 Å². The minimum absolute atomic E-state index is 0.104. The lowest BCUT2D eigenvalue weighted by Gasteiger charge is -2.22. The summed E-state index contributed by atoms with van der Waals surface area (Å²) in [4.78, 5) is 25.1. The third kappa shape index (κ3) is 2.97. The lowest BCUT2D eigenvalue weighted by atomic mass is 9.95. The maximum atomic E-state index is 12.4. The van der Waals surface area contributed by atoms with Crippen molar-refractivity contribution < 1.29 is 19.1 Å². The van der Waals surface area contributed by atoms with Crippen LogP contribution in [0.4, 0.5) is 0 Å². The first-order valence-corrected chi connectivity index (χ1v) is 6.49. The van der Waals surface area contributed by atoms with Gasteiger partial charge in [-0.1, -0.05) is 6.92 Å². The van der Waals surface area contributed by atoms with E-state index >= 15 is 0 Å². The van der Waals surface area contributed by atoms with E-state index in [1.165, 1.54) is 0 Å². The fourth-order valence-corrected chi connectivity index (χ4v) is 2.83. The van der Waals surface area contributed by atoms with E-state index in [0.29, 0.717) is 25.1 Å². The van der Waals surface area contributed by atoms with Crippen LogP contribution in [0.2, 0.25) is 0 Å². The highest BCUT2D eigenvalue weighted by molar-refractivity contribution is 5.85. The zero-order chi connectivity index (χ0) is 14.0. The summed E-state index contributed by atoms with van der Waals surface area (Å²) in [6.07, 6.45) is 2.80. The van der Waals surface area contributed by atoms with Crippen LogP contribution in [0.1, 0.15) is 25.5 Å². The molecule has 0 radical (unpaired) electrons. The zero-order valence-electron chi connectivity index (χ0n) is 11.2. The summed E-state index contributed by atoms with van der Waals surface area (Å²) in [5.41, 5.74) is 0. The van der Waals surface area contributed by atoms with E-state index in [0.717, 1.165) is 0 Å². The van der Waals surface area contributed by atoms with Crippen molar-refractivity contribution >= 4 is 11.9 Å². The number of carbonyl (C=O) groups excluding carboxylic acids is 1. The number of hydrogen-bond acceptors (Lipinski definition) is 3. The normalized spacial score (nSPS) is 26.3. The van der Waals surface area contributed by atoms with Gasteiger partial charge in [-0.3, -0.25) is 9.59 Å². The molecular formula is C14H19NO4. The Morgan fingerprint density at radius 3 is 2.68 bits per heavy atom. The van der Waals surface area contributed by atoms with Crippen molar-refractivity contribution in [3.05, 3.63) is 24.2 Å². The monoisotopic (exact) mass is 265 g/mol. The van der Waals surface area contributed by atoms with Crippen molar-refractivity contribution in [2.75, 3.05) is 7.05 Å². The summed E-state index contributed by atoms with van der Waals surface area (Å²) in [5, 5.41) is 9.20. The van der Waals surface area contributed by atoms with Gasteiger partial charge in [-0.25, -0.2) is 0 Å². The van der Waals surface area contributed by atoms with E-state index in [1.807, 2.05) is 6.92 Å². The minimum atomic E-state index is -0.867. The van der Waals surface area contributed by atoms with Gasteiger partial charge >= 0.3 is 5.97 Å². The van der Waals surface area contributed by atoms with Crippen LogP contribution in [0.5, 0.6) is 0 Å². The molecule has 1 aliphatic rings. The Morgan fingerprint density at radius 1 is 1.42 bits per heavy atom. The van der Waals surface area contributed by atoms with Gasteiger partial charge in [0.05, 0.1) is 24.6 Å². The number of nitrogens with zero attached hydrogens (tertiary/aromatic N) is 1. The highest BCUT2D eigenvalue weighted by atomic mass is 16.4. The number of amides is 1. The largest absolute Gasteiger partial charge is 0.481 e. The maximum absolute atomic E-state index is 12.4. The quantitative estimate of drug-likeness (QED) is 0.903. The Bertz CT molecular complexity index is 454. The summed E-state index contributed by atoms with van der Waals surface area (Å²) in [7, 11) is 1.69. The van der Waals surface area contributed by atoms with Gasteiger partial charge in [-0.15, -0.1) is 0 Å². The summed E-state index contributed by atoms with van der Waals surface area (Å²) >= 11 is 0. The van der Waals surface area contributed by atoms with E-state index in [-0.39, 0.29) is 11.8 Å². The first kappa shape index (κ1) is 13.6. The van der Waals surface area contributed by atoms with Gasteiger partial charge in [-0.05, 0) is 30.9 Å². The number of carbonyl (C=O) groups is 2. The molecule has 0 aliphatic heterocycles. The van der Waals surface area contributed by atoms with Crippen LogP contribution in [0.25, 0.3) is 0 Å². The number of hydrogen-bond donors (Lipinski definition) is 1. The van der Waals surface area contributed by atoms with Gasteiger partial charge < -0.3 is 14.4 Å². The molecule has 5 nitrogen and oxygen atoms in total. The lowest BCUT2D eigenvalue weighted by molar-refractivity contribution is -0.148. The fourth-order valence-electron chi connectivity index (χ4n) is 2.83. The second kappa shape index (κ2) is 5.47. The maximum Gasteiger partial charge on any atom is 0.307 e. The van der Waals surface area contributed by atoms with Gasteiger partial charge in [-0.2, -0.15) is 0 Å². The molecule has 0 bridgehead atoms. The predicted molar refractivity (Wildman–Crippen MR) is 68.2 cm³/mol. The molecule has 104 valence electrons. The topological polar surface area (TPSA) is 70.8 Å². The molecule has 1 aliphatic carbocycles. The van der Waals surface area contributed by atoms with E-state index in [9.17, 15) is 14.7 Å². The highest BCUT2D eigenvalue weighted by Crippen LogP contribution is 2.37. The van der Waals surface area contributed by atoms with Gasteiger partial charge in [0.15, 0.2) is 0 Å². The number of carboxylic acid groups (broad SMARTS) is 1. The molecule has 1 N–H and O–H groups in total. The minimum Gasteiger partial charge on any atom is -0.481 e. The third-order valence-electron chi connectivity index (χ3n) is 3.78. The van der Waals surface area contributed by atoms with Crippen molar-refractivity contribution in [1.82, 2.24) is 4.90 Å². The Balaban J connectivity index is 2.03. The van der Waals surface area contributed by atoms with Crippen LogP contribution >= 0.6 is 0 Å². The van der Waals surface area contributed by atoms with Crippen molar-refractivity contribution in [3.63, 3.8) is 0 Å². The molecular weight excluding hydrogens is 246 g/mol. The average Bonchev–Trinajstić information content (AvgIpc) is 2.97. The second-order valence-electron chi connectivity index (χ2n) is 5.40. The molecule has 0 spiro atoms. The van der Waals surface area contributed by atoms with Gasteiger partial charge in [0, 0.05) is 7.05 Å². The first-order chi connectivity index (χ1) is 8.99. The van der Waals surface area contributed by atoms with E-state index in [1.54, 1.807) is 30.3 Å². The molecule has 3 atom stereocenters. The van der Waals surface area contributed by atoms with E-state index < -0.39 is 17.8 Å². The van der Waals surface area contributed by atoms with Crippen molar-refractivity contribution in [1.29, 1.82) is 0 Å². The second-order valence-corrected chi connectivity index (χ2v) is 5.40. The molecule has 1 amide bonds. The Morgan fingerprint density at radius 2 is 2.11 bits per heavy atom. The molecule has 1 unspecified atom stereocenters. The van der Waals surface area contributed by atoms with Gasteiger partial charge in [0.25, 0.3) is 0 Å². The van der Waals surface area contributed by atoms with Crippen LogP contribution in [0.15, 0.2) is 22.8 Å². The van der Waals surface area contributed by atoms with Crippen molar-refractivity contribution in [2.24, 2.45) is 17.8 Å². The molecule has 5 heteroatoms. The number of furan rings is 1.